The van der Waals surface area contributed by atoms with E-state index in [1.807, 2.05) is 0 Å². The topological polar surface area (TPSA) is 0 Å². The normalized spacial score (nSPS) is 20.5. The van der Waals surface area contributed by atoms with Crippen molar-refractivity contribution in [1.29, 1.82) is 0 Å². The van der Waals surface area contributed by atoms with Crippen molar-refractivity contribution in [2.24, 2.45) is 0 Å². The highest BCUT2D eigenvalue weighted by Crippen LogP contribution is 2.53. The Balaban J connectivity index is 1.76. The van der Waals surface area contributed by atoms with Crippen LogP contribution in [0.3, 0.4) is 0 Å². The van der Waals surface area contributed by atoms with Crippen LogP contribution in [0, 0.1) is 6.92 Å². The van der Waals surface area contributed by atoms with Crippen molar-refractivity contribution < 1.29 is 0 Å². The molecule has 0 fully saturated rings. The number of hydrogen-bond acceptors (Lipinski definition) is 0. The van der Waals surface area contributed by atoms with Gasteiger partial charge in [-0.2, -0.15) is 0 Å². The van der Waals surface area contributed by atoms with Gasteiger partial charge < -0.3 is 0 Å². The van der Waals surface area contributed by atoms with Crippen molar-refractivity contribution in [3.05, 3.63) is 81.9 Å². The highest BCUT2D eigenvalue weighted by atomic mass is 14.5. The smallest absolute Gasteiger partial charge is 0.00921 e. The predicted octanol–water partition coefficient (Wildman–Crippen LogP) is 10.5. The second-order valence-electron chi connectivity index (χ2n) is 15.9. The van der Waals surface area contributed by atoms with Crippen molar-refractivity contribution >= 4 is 0 Å². The molecule has 37 heavy (non-hydrogen) atoms. The molecule has 196 valence electrons. The number of rotatable bonds is 2. The molecule has 0 bridgehead atoms. The average Bonchev–Trinajstić information content (AvgIpc) is 3.06. The van der Waals surface area contributed by atoms with Crippen LogP contribution in [0.5, 0.6) is 0 Å². The van der Waals surface area contributed by atoms with E-state index in [0.717, 1.165) is 0 Å². The molecule has 0 spiro atoms. The van der Waals surface area contributed by atoms with Gasteiger partial charge in [-0.05, 0) is 102 Å². The van der Waals surface area contributed by atoms with Crippen molar-refractivity contribution in [2.45, 2.75) is 123 Å². The summed E-state index contributed by atoms with van der Waals surface area (Å²) in [4.78, 5) is 0. The molecule has 0 saturated heterocycles. The van der Waals surface area contributed by atoms with Crippen LogP contribution in [0.25, 0.3) is 22.3 Å². The lowest BCUT2D eigenvalue weighted by Crippen LogP contribution is -2.18. The van der Waals surface area contributed by atoms with E-state index in [1.165, 1.54) is 68.5 Å². The first-order valence-corrected chi connectivity index (χ1v) is 14.3. The molecule has 0 atom stereocenters. The fourth-order valence-electron chi connectivity index (χ4n) is 8.36. The second-order valence-corrected chi connectivity index (χ2v) is 15.9. The zero-order valence-corrected chi connectivity index (χ0v) is 25.5. The van der Waals surface area contributed by atoms with Gasteiger partial charge in [-0.3, -0.25) is 0 Å². The van der Waals surface area contributed by atoms with Crippen LogP contribution in [0.15, 0.2) is 48.5 Å². The highest BCUT2D eigenvalue weighted by molar-refractivity contribution is 5.82. The maximum Gasteiger partial charge on any atom is -0.00921 e. The summed E-state index contributed by atoms with van der Waals surface area (Å²) < 4.78 is 0. The molecule has 2 aliphatic rings. The van der Waals surface area contributed by atoms with Gasteiger partial charge in [0.2, 0.25) is 0 Å². The van der Waals surface area contributed by atoms with Crippen LogP contribution in [-0.2, 0) is 27.1 Å². The van der Waals surface area contributed by atoms with Crippen LogP contribution in [-0.4, -0.2) is 0 Å². The maximum absolute atomic E-state index is 2.52. The van der Waals surface area contributed by atoms with E-state index < -0.39 is 0 Å². The molecule has 0 heteroatoms. The van der Waals surface area contributed by atoms with Gasteiger partial charge in [0.15, 0.2) is 0 Å². The Kier molecular flexibility index (Phi) is 5.57. The molecule has 0 radical (unpaired) electrons. The third-order valence-electron chi connectivity index (χ3n) is 9.38. The lowest BCUT2D eigenvalue weighted by Gasteiger charge is -2.29. The molecule has 0 amide bonds. The maximum atomic E-state index is 2.52. The minimum atomic E-state index is 0.0139. The second kappa shape index (κ2) is 7.84. The zero-order valence-electron chi connectivity index (χ0n) is 25.5. The molecule has 0 aromatic heterocycles. The standard InChI is InChI=1S/C37H48/c1-23-17-26(24-13-15-28-30(19-24)36(9,10)21-34(28,5)6)32(33(2,3)4)27(18-23)25-14-16-29-31(20-25)37(11,12)22-35(29,7)8/h13-20H,21-22H2,1-12H3. The van der Waals surface area contributed by atoms with Crippen LogP contribution in [0.4, 0.5) is 0 Å². The number of fused-ring (bicyclic) bond motifs is 2. The quantitative estimate of drug-likeness (QED) is 0.334. The highest BCUT2D eigenvalue weighted by Gasteiger charge is 2.43. The molecule has 3 aromatic rings. The van der Waals surface area contributed by atoms with Crippen molar-refractivity contribution in [2.75, 3.05) is 0 Å². The Labute approximate surface area is 226 Å². The number of aryl methyl sites for hydroxylation is 1. The van der Waals surface area contributed by atoms with Crippen LogP contribution < -0.4 is 0 Å². The zero-order chi connectivity index (χ0) is 27.3. The van der Waals surface area contributed by atoms with Gasteiger partial charge in [-0.25, -0.2) is 0 Å². The van der Waals surface area contributed by atoms with Gasteiger partial charge in [0, 0.05) is 0 Å². The monoisotopic (exact) mass is 492 g/mol. The first-order valence-electron chi connectivity index (χ1n) is 14.3. The first kappa shape index (κ1) is 26.3. The van der Waals surface area contributed by atoms with E-state index in [-0.39, 0.29) is 27.1 Å². The van der Waals surface area contributed by atoms with Crippen LogP contribution in [0.2, 0.25) is 0 Å². The van der Waals surface area contributed by atoms with Gasteiger partial charge in [0.25, 0.3) is 0 Å². The summed E-state index contributed by atoms with van der Waals surface area (Å²) in [7, 11) is 0. The molecule has 0 N–H and O–H groups in total. The molecule has 5 rings (SSSR count). The van der Waals surface area contributed by atoms with Gasteiger partial charge in [0.1, 0.15) is 0 Å². The summed E-state index contributed by atoms with van der Waals surface area (Å²) in [5, 5.41) is 0. The first-order chi connectivity index (χ1) is 16.8. The fourth-order valence-corrected chi connectivity index (χ4v) is 8.36. The third-order valence-corrected chi connectivity index (χ3v) is 9.38. The van der Waals surface area contributed by atoms with Crippen molar-refractivity contribution in [1.82, 2.24) is 0 Å². The molecule has 3 aromatic carbocycles. The molecular formula is C37H48. The largest absolute Gasteiger partial charge is 0.0576 e. The lowest BCUT2D eigenvalue weighted by molar-refractivity contribution is 0.402. The van der Waals surface area contributed by atoms with Crippen molar-refractivity contribution in [3.63, 3.8) is 0 Å². The Bertz CT molecular complexity index is 1300. The summed E-state index contributed by atoms with van der Waals surface area (Å²) in [5.41, 5.74) is 15.3. The van der Waals surface area contributed by atoms with Crippen molar-refractivity contribution in [3.8, 4) is 22.3 Å². The molecule has 0 nitrogen and oxygen atoms in total. The Morgan fingerprint density at radius 2 is 0.865 bits per heavy atom. The van der Waals surface area contributed by atoms with Gasteiger partial charge in [-0.15, -0.1) is 0 Å². The molecule has 0 heterocycles. The number of benzene rings is 3. The minimum absolute atomic E-state index is 0.0139. The molecule has 0 saturated carbocycles. The fraction of sp³-hybridized carbons (Fsp3) is 0.514. The van der Waals surface area contributed by atoms with E-state index in [0.29, 0.717) is 0 Å². The summed E-state index contributed by atoms with van der Waals surface area (Å²) in [5.74, 6) is 0. The van der Waals surface area contributed by atoms with E-state index in [2.05, 4.69) is 132 Å². The summed E-state index contributed by atoms with van der Waals surface area (Å²) >= 11 is 0. The van der Waals surface area contributed by atoms with Gasteiger partial charge in [0.05, 0.1) is 0 Å². The predicted molar refractivity (Wildman–Crippen MR) is 162 cm³/mol. The molecule has 2 aliphatic carbocycles. The summed E-state index contributed by atoms with van der Waals surface area (Å²) in [6.07, 6.45) is 2.40. The SMILES string of the molecule is Cc1cc(-c2ccc3c(c2)C(C)(C)CC3(C)C)c(C(C)(C)C)c(-c2ccc3c(c2)C(C)(C)CC3(C)C)c1. The Morgan fingerprint density at radius 1 is 0.514 bits per heavy atom. The van der Waals surface area contributed by atoms with Crippen LogP contribution in [0.1, 0.15) is 122 Å². The van der Waals surface area contributed by atoms with E-state index in [9.17, 15) is 0 Å². The summed E-state index contributed by atoms with van der Waals surface area (Å²) in [6, 6.07) is 19.5. The van der Waals surface area contributed by atoms with E-state index in [4.69, 9.17) is 0 Å². The van der Waals surface area contributed by atoms with E-state index >= 15 is 0 Å². The Morgan fingerprint density at radius 3 is 1.22 bits per heavy atom. The molecular weight excluding hydrogens is 444 g/mol. The number of hydrogen-bond donors (Lipinski definition) is 0. The molecule has 0 aliphatic heterocycles. The average molecular weight is 493 g/mol. The van der Waals surface area contributed by atoms with Gasteiger partial charge >= 0.3 is 0 Å². The summed E-state index contributed by atoms with van der Waals surface area (Å²) in [6.45, 7) is 28.7. The third kappa shape index (κ3) is 4.20. The lowest BCUT2D eigenvalue weighted by atomic mass is 9.75. The minimum Gasteiger partial charge on any atom is -0.0576 e. The molecule has 0 unspecified atom stereocenters. The van der Waals surface area contributed by atoms with Crippen LogP contribution >= 0.6 is 0 Å². The Hall–Kier alpha value is -2.34. The van der Waals surface area contributed by atoms with E-state index in [1.54, 1.807) is 0 Å². The van der Waals surface area contributed by atoms with Gasteiger partial charge in [-0.1, -0.05) is 125 Å².